The highest BCUT2D eigenvalue weighted by atomic mass is 79.9. The molecule has 0 N–H and O–H groups in total. The van der Waals surface area contributed by atoms with Crippen LogP contribution in [0.1, 0.15) is 33.3 Å². The number of hydrogen-bond acceptors (Lipinski definition) is 2. The van der Waals surface area contributed by atoms with E-state index in [1.807, 2.05) is 0 Å². The molecule has 1 aromatic carbocycles. The molecule has 8 heteroatoms. The van der Waals surface area contributed by atoms with Gasteiger partial charge in [0.25, 0.3) is 0 Å². The summed E-state index contributed by atoms with van der Waals surface area (Å²) >= 11 is 2.90. The Morgan fingerprint density at radius 3 is 1.95 bits per heavy atom. The van der Waals surface area contributed by atoms with Crippen molar-refractivity contribution >= 4 is 28.5 Å². The predicted octanol–water partition coefficient (Wildman–Crippen LogP) is 3.91. The zero-order chi connectivity index (χ0) is 16.2. The first-order valence-electron chi connectivity index (χ1n) is 6.27. The van der Waals surface area contributed by atoms with E-state index in [2.05, 4.69) is 15.9 Å². The third-order valence-corrected chi connectivity index (χ3v) is 4.54. The standard InChI is InChI=1S/C13H14BBrF4O2/c1-11(2)12(3,4)21-14(20-11)9-7(13(17,18)19)5-6-8(15)10(9)16/h5-6H,1-4H3. The number of hydrogen-bond donors (Lipinski definition) is 0. The van der Waals surface area contributed by atoms with Crippen LogP contribution < -0.4 is 5.46 Å². The fraction of sp³-hybridized carbons (Fsp3) is 0.538. The molecule has 0 atom stereocenters. The van der Waals surface area contributed by atoms with Gasteiger partial charge in [-0.15, -0.1) is 0 Å². The summed E-state index contributed by atoms with van der Waals surface area (Å²) in [5.74, 6) is -1.02. The van der Waals surface area contributed by atoms with Crippen LogP contribution in [-0.4, -0.2) is 18.3 Å². The summed E-state index contributed by atoms with van der Waals surface area (Å²) in [6.07, 6.45) is -4.69. The first-order chi connectivity index (χ1) is 9.37. The Bertz CT molecular complexity index is 556. The van der Waals surface area contributed by atoms with Crippen molar-refractivity contribution in [3.63, 3.8) is 0 Å². The molecular weight excluding hydrogens is 355 g/mol. The predicted molar refractivity (Wildman–Crippen MR) is 74.8 cm³/mol. The fourth-order valence-electron chi connectivity index (χ4n) is 2.00. The van der Waals surface area contributed by atoms with Gasteiger partial charge in [-0.05, 0) is 55.8 Å². The molecule has 0 unspecified atom stereocenters. The minimum absolute atomic E-state index is 0.0692. The molecule has 0 radical (unpaired) electrons. The summed E-state index contributed by atoms with van der Waals surface area (Å²) in [5.41, 5.74) is -3.43. The highest BCUT2D eigenvalue weighted by Crippen LogP contribution is 2.39. The molecule has 1 aromatic rings. The fourth-order valence-corrected chi connectivity index (χ4v) is 2.35. The smallest absolute Gasteiger partial charge is 0.399 e. The van der Waals surface area contributed by atoms with Crippen molar-refractivity contribution in [3.8, 4) is 0 Å². The molecule has 116 valence electrons. The lowest BCUT2D eigenvalue weighted by atomic mass is 9.75. The number of rotatable bonds is 1. The summed E-state index contributed by atoms with van der Waals surface area (Å²) in [4.78, 5) is 0. The van der Waals surface area contributed by atoms with Gasteiger partial charge < -0.3 is 9.31 Å². The summed E-state index contributed by atoms with van der Waals surface area (Å²) < 4.78 is 64.6. The van der Waals surface area contributed by atoms with Gasteiger partial charge in [0.1, 0.15) is 5.82 Å². The monoisotopic (exact) mass is 368 g/mol. The molecule has 1 aliphatic rings. The Morgan fingerprint density at radius 1 is 1.05 bits per heavy atom. The van der Waals surface area contributed by atoms with E-state index in [4.69, 9.17) is 9.31 Å². The quantitative estimate of drug-likeness (QED) is 0.552. The van der Waals surface area contributed by atoms with Crippen LogP contribution in [0, 0.1) is 5.82 Å². The van der Waals surface area contributed by atoms with Crippen molar-refractivity contribution in [2.24, 2.45) is 0 Å². The van der Waals surface area contributed by atoms with Crippen molar-refractivity contribution in [2.45, 2.75) is 45.1 Å². The summed E-state index contributed by atoms with van der Waals surface area (Å²) in [6, 6.07) is 1.83. The second kappa shape index (κ2) is 4.96. The third kappa shape index (κ3) is 2.85. The van der Waals surface area contributed by atoms with Gasteiger partial charge in [0, 0.05) is 5.46 Å². The second-order valence-corrected chi connectivity index (χ2v) is 6.76. The van der Waals surface area contributed by atoms with Gasteiger partial charge in [-0.1, -0.05) is 0 Å². The van der Waals surface area contributed by atoms with E-state index in [1.54, 1.807) is 27.7 Å². The molecule has 0 spiro atoms. The lowest BCUT2D eigenvalue weighted by Crippen LogP contribution is -2.41. The van der Waals surface area contributed by atoms with E-state index in [0.717, 1.165) is 12.1 Å². The first-order valence-corrected chi connectivity index (χ1v) is 7.07. The minimum Gasteiger partial charge on any atom is -0.399 e. The molecule has 0 bridgehead atoms. The Hall–Kier alpha value is -0.595. The zero-order valence-electron chi connectivity index (χ0n) is 11.9. The number of halogens is 5. The zero-order valence-corrected chi connectivity index (χ0v) is 13.5. The van der Waals surface area contributed by atoms with Crippen LogP contribution in [0.15, 0.2) is 16.6 Å². The van der Waals surface area contributed by atoms with Crippen LogP contribution in [0.3, 0.4) is 0 Å². The maximum absolute atomic E-state index is 14.2. The normalized spacial score (nSPS) is 20.9. The Kier molecular flexibility index (Phi) is 3.96. The SMILES string of the molecule is CC1(C)OB(c2c(C(F)(F)F)ccc(Br)c2F)OC1(C)C. The molecular formula is C13H14BBrF4O2. The molecule has 1 heterocycles. The van der Waals surface area contributed by atoms with Gasteiger partial charge in [-0.2, -0.15) is 13.2 Å². The van der Waals surface area contributed by atoms with Gasteiger partial charge in [0.15, 0.2) is 0 Å². The van der Waals surface area contributed by atoms with Crippen molar-refractivity contribution < 1.29 is 26.9 Å². The maximum atomic E-state index is 14.2. The average Bonchev–Trinajstić information content (AvgIpc) is 2.49. The Morgan fingerprint density at radius 2 is 1.52 bits per heavy atom. The molecule has 21 heavy (non-hydrogen) atoms. The highest BCUT2D eigenvalue weighted by Gasteiger charge is 2.54. The van der Waals surface area contributed by atoms with E-state index >= 15 is 0 Å². The third-order valence-electron chi connectivity index (χ3n) is 3.93. The van der Waals surface area contributed by atoms with Crippen LogP contribution in [0.5, 0.6) is 0 Å². The summed E-state index contributed by atoms with van der Waals surface area (Å²) in [5, 5.41) is 0. The molecule has 0 saturated carbocycles. The minimum atomic E-state index is -4.69. The van der Waals surface area contributed by atoms with Gasteiger partial charge in [-0.25, -0.2) is 4.39 Å². The maximum Gasteiger partial charge on any atom is 0.498 e. The van der Waals surface area contributed by atoms with E-state index in [0.29, 0.717) is 0 Å². The molecule has 0 amide bonds. The lowest BCUT2D eigenvalue weighted by Gasteiger charge is -2.32. The number of alkyl halides is 3. The van der Waals surface area contributed by atoms with Crippen molar-refractivity contribution in [2.75, 3.05) is 0 Å². The lowest BCUT2D eigenvalue weighted by molar-refractivity contribution is -0.137. The molecule has 1 saturated heterocycles. The Labute approximate surface area is 129 Å². The van der Waals surface area contributed by atoms with Crippen molar-refractivity contribution in [3.05, 3.63) is 28.0 Å². The van der Waals surface area contributed by atoms with E-state index in [9.17, 15) is 17.6 Å². The summed E-state index contributed by atoms with van der Waals surface area (Å²) in [7, 11) is -1.41. The molecule has 0 aliphatic carbocycles. The van der Waals surface area contributed by atoms with Gasteiger partial charge in [-0.3, -0.25) is 0 Å². The van der Waals surface area contributed by atoms with E-state index in [1.165, 1.54) is 0 Å². The van der Waals surface area contributed by atoms with E-state index in [-0.39, 0.29) is 4.47 Å². The molecule has 0 aromatic heterocycles. The topological polar surface area (TPSA) is 18.5 Å². The van der Waals surface area contributed by atoms with Crippen molar-refractivity contribution in [1.29, 1.82) is 0 Å². The largest absolute Gasteiger partial charge is 0.498 e. The van der Waals surface area contributed by atoms with Crippen LogP contribution in [0.25, 0.3) is 0 Å². The molecule has 1 aliphatic heterocycles. The van der Waals surface area contributed by atoms with E-state index < -0.39 is 41.3 Å². The second-order valence-electron chi connectivity index (χ2n) is 5.91. The van der Waals surface area contributed by atoms with Gasteiger partial charge in [0.05, 0.1) is 21.2 Å². The first kappa shape index (κ1) is 16.8. The highest BCUT2D eigenvalue weighted by molar-refractivity contribution is 9.10. The van der Waals surface area contributed by atoms with Gasteiger partial charge in [0.2, 0.25) is 0 Å². The van der Waals surface area contributed by atoms with Crippen LogP contribution in [-0.2, 0) is 15.5 Å². The van der Waals surface area contributed by atoms with Gasteiger partial charge >= 0.3 is 13.3 Å². The summed E-state index contributed by atoms with van der Waals surface area (Å²) in [6.45, 7) is 6.76. The van der Waals surface area contributed by atoms with Crippen LogP contribution in [0.2, 0.25) is 0 Å². The van der Waals surface area contributed by atoms with Crippen molar-refractivity contribution in [1.82, 2.24) is 0 Å². The Balaban J connectivity index is 2.57. The van der Waals surface area contributed by atoms with Crippen LogP contribution >= 0.6 is 15.9 Å². The molecule has 1 fully saturated rings. The molecule has 2 rings (SSSR count). The average molecular weight is 369 g/mol. The van der Waals surface area contributed by atoms with Crippen LogP contribution in [0.4, 0.5) is 17.6 Å². The number of benzene rings is 1. The molecule has 2 nitrogen and oxygen atoms in total.